The van der Waals surface area contributed by atoms with Crippen LogP contribution in [0.2, 0.25) is 0 Å². The predicted molar refractivity (Wildman–Crippen MR) is 102 cm³/mol. The summed E-state index contributed by atoms with van der Waals surface area (Å²) >= 11 is 2.90. The highest BCUT2D eigenvalue weighted by molar-refractivity contribution is 7.99. The zero-order chi connectivity index (χ0) is 19.1. The van der Waals surface area contributed by atoms with Crippen LogP contribution < -0.4 is 0 Å². The first-order valence-electron chi connectivity index (χ1n) is 7.93. The lowest BCUT2D eigenvalue weighted by molar-refractivity contribution is -0.384. The van der Waals surface area contributed by atoms with E-state index in [-0.39, 0.29) is 11.6 Å². The van der Waals surface area contributed by atoms with E-state index in [1.165, 1.54) is 28.8 Å². The molecule has 0 saturated heterocycles. The van der Waals surface area contributed by atoms with Gasteiger partial charge in [0.1, 0.15) is 15.7 Å². The molecule has 0 aliphatic rings. The standard InChI is InChI=1S/C17H13N5O3S2/c1-8-9(2)26-15-13(8)16(19-10(3)18-15)27-17-21-20-14(25-17)11-5-4-6-12(7-11)22(23)24/h4-7H,1-3H3. The van der Waals surface area contributed by atoms with E-state index < -0.39 is 4.92 Å². The second kappa shape index (κ2) is 6.71. The molecule has 0 unspecified atom stereocenters. The highest BCUT2D eigenvalue weighted by atomic mass is 32.2. The Morgan fingerprint density at radius 1 is 1.19 bits per heavy atom. The second-order valence-corrected chi connectivity index (χ2v) is 7.97. The van der Waals surface area contributed by atoms with Crippen LogP contribution in [-0.2, 0) is 0 Å². The average molecular weight is 399 g/mol. The molecule has 3 heterocycles. The Morgan fingerprint density at radius 2 is 2.00 bits per heavy atom. The van der Waals surface area contributed by atoms with Crippen molar-refractivity contribution in [3.05, 3.63) is 50.6 Å². The zero-order valence-electron chi connectivity index (χ0n) is 14.6. The maximum Gasteiger partial charge on any atom is 0.283 e. The molecule has 0 spiro atoms. The third-order valence-corrected chi connectivity index (χ3v) is 5.93. The Bertz CT molecular complexity index is 1180. The van der Waals surface area contributed by atoms with Crippen LogP contribution in [0.3, 0.4) is 0 Å². The molecule has 136 valence electrons. The van der Waals surface area contributed by atoms with Gasteiger partial charge in [-0.25, -0.2) is 9.97 Å². The summed E-state index contributed by atoms with van der Waals surface area (Å²) < 4.78 is 5.70. The van der Waals surface area contributed by atoms with E-state index in [1.807, 2.05) is 13.8 Å². The average Bonchev–Trinajstić information content (AvgIpc) is 3.20. The van der Waals surface area contributed by atoms with Gasteiger partial charge in [0.25, 0.3) is 10.9 Å². The fraction of sp³-hybridized carbons (Fsp3) is 0.176. The predicted octanol–water partition coefficient (Wildman–Crippen LogP) is 4.73. The lowest BCUT2D eigenvalue weighted by Crippen LogP contribution is -1.91. The molecular weight excluding hydrogens is 386 g/mol. The van der Waals surface area contributed by atoms with Gasteiger partial charge in [0.15, 0.2) is 0 Å². The first-order chi connectivity index (χ1) is 12.9. The number of nitro benzene ring substituents is 1. The number of hydrogen-bond acceptors (Lipinski definition) is 9. The van der Waals surface area contributed by atoms with Crippen molar-refractivity contribution >= 4 is 39.0 Å². The molecule has 0 bridgehead atoms. The van der Waals surface area contributed by atoms with Gasteiger partial charge in [-0.05, 0) is 44.2 Å². The van der Waals surface area contributed by atoms with E-state index >= 15 is 0 Å². The molecule has 0 atom stereocenters. The number of non-ortho nitro benzene ring substituents is 1. The minimum atomic E-state index is -0.461. The molecule has 1 aromatic carbocycles. The van der Waals surface area contributed by atoms with Crippen molar-refractivity contribution in [1.82, 2.24) is 20.2 Å². The van der Waals surface area contributed by atoms with Gasteiger partial charge < -0.3 is 4.42 Å². The Balaban J connectivity index is 1.70. The zero-order valence-corrected chi connectivity index (χ0v) is 16.2. The number of benzene rings is 1. The third-order valence-electron chi connectivity index (χ3n) is 4.00. The Morgan fingerprint density at radius 3 is 2.78 bits per heavy atom. The fourth-order valence-corrected chi connectivity index (χ4v) is 4.63. The fourth-order valence-electron chi connectivity index (χ4n) is 2.59. The van der Waals surface area contributed by atoms with Crippen LogP contribution >= 0.6 is 23.1 Å². The molecular formula is C17H13N5O3S2. The lowest BCUT2D eigenvalue weighted by Gasteiger charge is -2.02. The molecule has 0 aliphatic heterocycles. The summed E-state index contributed by atoms with van der Waals surface area (Å²) in [5, 5.41) is 21.1. The molecule has 0 N–H and O–H groups in total. The number of hydrogen-bond donors (Lipinski definition) is 0. The van der Waals surface area contributed by atoms with Crippen molar-refractivity contribution < 1.29 is 9.34 Å². The number of aromatic nitrogens is 4. The first-order valence-corrected chi connectivity index (χ1v) is 9.56. The molecule has 8 nitrogen and oxygen atoms in total. The molecule has 0 amide bonds. The molecule has 0 aliphatic carbocycles. The molecule has 3 aromatic heterocycles. The van der Waals surface area contributed by atoms with E-state index in [2.05, 4.69) is 27.1 Å². The topological polar surface area (TPSA) is 108 Å². The summed E-state index contributed by atoms with van der Waals surface area (Å²) in [6, 6.07) is 6.09. The van der Waals surface area contributed by atoms with Crippen LogP contribution in [0.15, 0.2) is 38.9 Å². The van der Waals surface area contributed by atoms with Crippen molar-refractivity contribution in [2.45, 2.75) is 31.0 Å². The van der Waals surface area contributed by atoms with Gasteiger partial charge in [-0.15, -0.1) is 21.5 Å². The minimum absolute atomic E-state index is 0.0302. The molecule has 4 aromatic rings. The second-order valence-electron chi connectivity index (χ2n) is 5.82. The molecule has 4 rings (SSSR count). The van der Waals surface area contributed by atoms with Gasteiger partial charge in [0.05, 0.1) is 4.92 Å². The quantitative estimate of drug-likeness (QED) is 0.275. The van der Waals surface area contributed by atoms with E-state index in [0.717, 1.165) is 20.8 Å². The summed E-state index contributed by atoms with van der Waals surface area (Å²) in [4.78, 5) is 21.6. The Hall–Kier alpha value is -2.85. The summed E-state index contributed by atoms with van der Waals surface area (Å²) in [5.41, 5.74) is 1.60. The summed E-state index contributed by atoms with van der Waals surface area (Å²) in [6.45, 7) is 5.94. The van der Waals surface area contributed by atoms with Crippen LogP contribution in [0.25, 0.3) is 21.7 Å². The number of aryl methyl sites for hydroxylation is 3. The summed E-state index contributed by atoms with van der Waals surface area (Å²) in [5.74, 6) is 0.895. The van der Waals surface area contributed by atoms with Crippen LogP contribution in [0.1, 0.15) is 16.3 Å². The van der Waals surface area contributed by atoms with E-state index in [0.29, 0.717) is 16.6 Å². The van der Waals surface area contributed by atoms with E-state index in [1.54, 1.807) is 23.5 Å². The number of rotatable bonds is 4. The number of nitrogens with zero attached hydrogens (tertiary/aromatic N) is 5. The van der Waals surface area contributed by atoms with Crippen molar-refractivity contribution in [3.8, 4) is 11.5 Å². The van der Waals surface area contributed by atoms with Gasteiger partial charge in [-0.1, -0.05) is 6.07 Å². The van der Waals surface area contributed by atoms with Crippen molar-refractivity contribution in [2.24, 2.45) is 0 Å². The largest absolute Gasteiger partial charge is 0.411 e. The van der Waals surface area contributed by atoms with E-state index in [9.17, 15) is 10.1 Å². The smallest absolute Gasteiger partial charge is 0.283 e. The van der Waals surface area contributed by atoms with Crippen molar-refractivity contribution in [3.63, 3.8) is 0 Å². The molecule has 0 fully saturated rings. The highest BCUT2D eigenvalue weighted by Gasteiger charge is 2.18. The highest BCUT2D eigenvalue weighted by Crippen LogP contribution is 2.38. The molecule has 0 radical (unpaired) electrons. The Kier molecular flexibility index (Phi) is 4.36. The molecule has 27 heavy (non-hydrogen) atoms. The summed E-state index contributed by atoms with van der Waals surface area (Å²) in [7, 11) is 0. The maximum absolute atomic E-state index is 10.9. The lowest BCUT2D eigenvalue weighted by atomic mass is 10.2. The monoisotopic (exact) mass is 399 g/mol. The molecule has 0 saturated carbocycles. The van der Waals surface area contributed by atoms with Crippen LogP contribution in [0.4, 0.5) is 5.69 Å². The van der Waals surface area contributed by atoms with Crippen molar-refractivity contribution in [1.29, 1.82) is 0 Å². The number of fused-ring (bicyclic) bond motifs is 1. The number of thiophene rings is 1. The number of nitro groups is 1. The van der Waals surface area contributed by atoms with Gasteiger partial charge >= 0.3 is 0 Å². The Labute approximate surface area is 161 Å². The van der Waals surface area contributed by atoms with Gasteiger partial charge in [0.2, 0.25) is 5.89 Å². The SMILES string of the molecule is Cc1nc(Sc2nnc(-c3cccc([N+](=O)[O-])c3)o2)c2c(C)c(C)sc2n1. The van der Waals surface area contributed by atoms with Gasteiger partial charge in [-0.3, -0.25) is 10.1 Å². The van der Waals surface area contributed by atoms with Gasteiger partial charge in [-0.2, -0.15) is 0 Å². The van der Waals surface area contributed by atoms with Crippen LogP contribution in [0.5, 0.6) is 0 Å². The molecule has 10 heteroatoms. The van der Waals surface area contributed by atoms with Gasteiger partial charge in [0, 0.05) is 28.0 Å². The van der Waals surface area contributed by atoms with Crippen LogP contribution in [0, 0.1) is 30.9 Å². The minimum Gasteiger partial charge on any atom is -0.411 e. The van der Waals surface area contributed by atoms with Crippen molar-refractivity contribution in [2.75, 3.05) is 0 Å². The third kappa shape index (κ3) is 3.28. The normalized spacial score (nSPS) is 11.2. The van der Waals surface area contributed by atoms with Crippen LogP contribution in [-0.4, -0.2) is 25.1 Å². The van der Waals surface area contributed by atoms with E-state index in [4.69, 9.17) is 4.42 Å². The first kappa shape index (κ1) is 17.6. The summed E-state index contributed by atoms with van der Waals surface area (Å²) in [6.07, 6.45) is 0. The maximum atomic E-state index is 10.9.